The van der Waals surface area contributed by atoms with Crippen LogP contribution in [0.1, 0.15) is 60.3 Å². The molecule has 0 aromatic carbocycles. The van der Waals surface area contributed by atoms with Crippen molar-refractivity contribution in [2.75, 3.05) is 39.4 Å². The maximum Gasteiger partial charge on any atom is 0.0593 e. The Morgan fingerprint density at radius 1 is 0.947 bits per heavy atom. The minimum atomic E-state index is 0.262. The number of likely N-dealkylation sites (N-methyl/N-ethyl adjacent to an activating group) is 1. The molecule has 0 aliphatic rings. The van der Waals surface area contributed by atoms with Crippen LogP contribution in [0.15, 0.2) is 0 Å². The van der Waals surface area contributed by atoms with E-state index in [9.17, 15) is 0 Å². The van der Waals surface area contributed by atoms with E-state index in [0.29, 0.717) is 0 Å². The highest BCUT2D eigenvalue weighted by Gasteiger charge is 2.07. The van der Waals surface area contributed by atoms with E-state index in [1.807, 2.05) is 0 Å². The van der Waals surface area contributed by atoms with Crippen LogP contribution < -0.4 is 5.32 Å². The largest absolute Gasteiger partial charge is 0.380 e. The van der Waals surface area contributed by atoms with Crippen molar-refractivity contribution < 1.29 is 4.74 Å². The predicted molar refractivity (Wildman–Crippen MR) is 84.8 cm³/mol. The van der Waals surface area contributed by atoms with Gasteiger partial charge in [0, 0.05) is 18.7 Å². The van der Waals surface area contributed by atoms with E-state index in [4.69, 9.17) is 4.74 Å². The average molecular weight is 272 g/mol. The van der Waals surface area contributed by atoms with Crippen molar-refractivity contribution >= 4 is 0 Å². The maximum absolute atomic E-state index is 5.41. The molecule has 3 heteroatoms. The minimum absolute atomic E-state index is 0.262. The first-order chi connectivity index (χ1) is 8.99. The van der Waals surface area contributed by atoms with Crippen LogP contribution in [0, 0.1) is 0 Å². The summed E-state index contributed by atoms with van der Waals surface area (Å²) >= 11 is 0. The molecule has 0 unspecified atom stereocenters. The Hall–Kier alpha value is -0.120. The van der Waals surface area contributed by atoms with Gasteiger partial charge < -0.3 is 15.0 Å². The summed E-state index contributed by atoms with van der Waals surface area (Å²) in [6.07, 6.45) is 5.29. The van der Waals surface area contributed by atoms with Crippen molar-refractivity contribution in [3.05, 3.63) is 0 Å². The van der Waals surface area contributed by atoms with Gasteiger partial charge in [-0.15, -0.1) is 0 Å². The molecule has 0 aliphatic heterocycles. The lowest BCUT2D eigenvalue weighted by Crippen LogP contribution is -2.36. The second-order valence-corrected chi connectivity index (χ2v) is 6.22. The number of hydrogen-bond donors (Lipinski definition) is 1. The fraction of sp³-hybridized carbons (Fsp3) is 1.00. The molecule has 0 heterocycles. The molecule has 116 valence electrons. The Labute approximate surface area is 121 Å². The predicted octanol–water partition coefficient (Wildman–Crippen LogP) is 3.29. The molecule has 0 atom stereocenters. The van der Waals surface area contributed by atoms with E-state index in [0.717, 1.165) is 32.8 Å². The molecule has 0 aliphatic carbocycles. The Kier molecular flexibility index (Phi) is 11.6. The summed E-state index contributed by atoms with van der Waals surface area (Å²) < 4.78 is 5.41. The van der Waals surface area contributed by atoms with Crippen LogP contribution in [0.5, 0.6) is 0 Å². The zero-order chi connectivity index (χ0) is 14.6. The van der Waals surface area contributed by atoms with Crippen molar-refractivity contribution in [1.82, 2.24) is 10.2 Å². The molecular weight excluding hydrogens is 236 g/mol. The molecule has 0 radical (unpaired) electrons. The minimum Gasteiger partial charge on any atom is -0.380 e. The van der Waals surface area contributed by atoms with Crippen LogP contribution in [0.3, 0.4) is 0 Å². The summed E-state index contributed by atoms with van der Waals surface area (Å²) in [4.78, 5) is 2.49. The fourth-order valence-electron chi connectivity index (χ4n) is 2.04. The molecule has 1 N–H and O–H groups in total. The van der Waals surface area contributed by atoms with Gasteiger partial charge in [-0.25, -0.2) is 0 Å². The van der Waals surface area contributed by atoms with Crippen molar-refractivity contribution in [3.63, 3.8) is 0 Å². The van der Waals surface area contributed by atoms with E-state index < -0.39 is 0 Å². The summed E-state index contributed by atoms with van der Waals surface area (Å²) in [5, 5.41) is 3.54. The molecule has 0 fully saturated rings. The van der Waals surface area contributed by atoms with Gasteiger partial charge in [-0.1, -0.05) is 19.8 Å². The topological polar surface area (TPSA) is 24.5 Å². The van der Waals surface area contributed by atoms with Crippen molar-refractivity contribution in [1.29, 1.82) is 0 Å². The van der Waals surface area contributed by atoms with Crippen LogP contribution in [-0.2, 0) is 4.74 Å². The molecule has 0 aromatic heterocycles. The van der Waals surface area contributed by atoms with Crippen LogP contribution >= 0.6 is 0 Å². The molecular formula is C16H36N2O. The molecule has 0 rings (SSSR count). The molecule has 3 nitrogen and oxygen atoms in total. The third-order valence-corrected chi connectivity index (χ3v) is 3.26. The van der Waals surface area contributed by atoms with E-state index >= 15 is 0 Å². The molecule has 19 heavy (non-hydrogen) atoms. The van der Waals surface area contributed by atoms with Crippen molar-refractivity contribution in [2.24, 2.45) is 0 Å². The summed E-state index contributed by atoms with van der Waals surface area (Å²) in [5.74, 6) is 0. The standard InChI is InChI=1S/C16H36N2O/c1-6-18(14-15-19-7-2)13-11-9-8-10-12-17-16(3,4)5/h17H,6-15H2,1-5H3. The molecule has 0 saturated heterocycles. The highest BCUT2D eigenvalue weighted by molar-refractivity contribution is 4.69. The lowest BCUT2D eigenvalue weighted by molar-refractivity contribution is 0.114. The first kappa shape index (κ1) is 18.9. The van der Waals surface area contributed by atoms with Gasteiger partial charge in [-0.2, -0.15) is 0 Å². The molecule has 0 amide bonds. The van der Waals surface area contributed by atoms with Gasteiger partial charge in [0.15, 0.2) is 0 Å². The summed E-state index contributed by atoms with van der Waals surface area (Å²) in [6, 6.07) is 0. The molecule has 0 aromatic rings. The monoisotopic (exact) mass is 272 g/mol. The summed E-state index contributed by atoms with van der Waals surface area (Å²) in [6.45, 7) is 17.3. The van der Waals surface area contributed by atoms with Crippen LogP contribution in [0.25, 0.3) is 0 Å². The fourth-order valence-corrected chi connectivity index (χ4v) is 2.04. The maximum atomic E-state index is 5.41. The first-order valence-corrected chi connectivity index (χ1v) is 8.04. The number of nitrogens with one attached hydrogen (secondary N) is 1. The number of rotatable bonds is 12. The lowest BCUT2D eigenvalue weighted by atomic mass is 10.1. The van der Waals surface area contributed by atoms with Gasteiger partial charge in [0.05, 0.1) is 6.61 Å². The van der Waals surface area contributed by atoms with Gasteiger partial charge in [0.25, 0.3) is 0 Å². The SMILES string of the molecule is CCOCCN(CC)CCCCCCNC(C)(C)C. The smallest absolute Gasteiger partial charge is 0.0593 e. The van der Waals surface area contributed by atoms with E-state index in [1.165, 1.54) is 32.2 Å². The molecule has 0 bridgehead atoms. The van der Waals surface area contributed by atoms with Gasteiger partial charge in [0.2, 0.25) is 0 Å². The highest BCUT2D eigenvalue weighted by Crippen LogP contribution is 2.04. The molecule has 0 spiro atoms. The number of hydrogen-bond acceptors (Lipinski definition) is 3. The van der Waals surface area contributed by atoms with Crippen molar-refractivity contribution in [3.8, 4) is 0 Å². The van der Waals surface area contributed by atoms with E-state index in [1.54, 1.807) is 0 Å². The summed E-state index contributed by atoms with van der Waals surface area (Å²) in [5.41, 5.74) is 0.262. The summed E-state index contributed by atoms with van der Waals surface area (Å²) in [7, 11) is 0. The quantitative estimate of drug-likeness (QED) is 0.552. The Morgan fingerprint density at radius 2 is 1.63 bits per heavy atom. The third-order valence-electron chi connectivity index (χ3n) is 3.26. The average Bonchev–Trinajstić information content (AvgIpc) is 2.34. The van der Waals surface area contributed by atoms with Crippen molar-refractivity contribution in [2.45, 2.75) is 65.8 Å². The number of ether oxygens (including phenoxy) is 1. The number of unbranched alkanes of at least 4 members (excludes halogenated alkanes) is 3. The second kappa shape index (κ2) is 11.7. The highest BCUT2D eigenvalue weighted by atomic mass is 16.5. The van der Waals surface area contributed by atoms with Crippen LogP contribution in [-0.4, -0.2) is 49.8 Å². The number of nitrogens with zero attached hydrogens (tertiary/aromatic N) is 1. The normalized spacial score (nSPS) is 12.3. The Morgan fingerprint density at radius 3 is 2.21 bits per heavy atom. The van der Waals surface area contributed by atoms with Gasteiger partial charge >= 0.3 is 0 Å². The van der Waals surface area contributed by atoms with E-state index in [-0.39, 0.29) is 5.54 Å². The van der Waals surface area contributed by atoms with Gasteiger partial charge in [-0.05, 0) is 60.2 Å². The Bertz CT molecular complexity index is 190. The van der Waals surface area contributed by atoms with E-state index in [2.05, 4.69) is 44.8 Å². The lowest BCUT2D eigenvalue weighted by Gasteiger charge is -2.21. The van der Waals surface area contributed by atoms with Crippen LogP contribution in [0.2, 0.25) is 0 Å². The zero-order valence-electron chi connectivity index (χ0n) is 13.9. The first-order valence-electron chi connectivity index (χ1n) is 8.04. The van der Waals surface area contributed by atoms with Crippen LogP contribution in [0.4, 0.5) is 0 Å². The van der Waals surface area contributed by atoms with Gasteiger partial charge in [-0.3, -0.25) is 0 Å². The van der Waals surface area contributed by atoms with Gasteiger partial charge in [0.1, 0.15) is 0 Å². The molecule has 0 saturated carbocycles. The Balaban J connectivity index is 3.36. The zero-order valence-corrected chi connectivity index (χ0v) is 13.9. The second-order valence-electron chi connectivity index (χ2n) is 6.22. The third kappa shape index (κ3) is 14.1.